The van der Waals surface area contributed by atoms with Gasteiger partial charge in [0, 0.05) is 48.4 Å². The molecule has 4 aromatic heterocycles. The summed E-state index contributed by atoms with van der Waals surface area (Å²) in [5.74, 6) is 3.36. The van der Waals surface area contributed by atoms with Gasteiger partial charge >= 0.3 is 0 Å². The zero-order valence-electron chi connectivity index (χ0n) is 40.4. The lowest BCUT2D eigenvalue weighted by Crippen LogP contribution is -2.44. The van der Waals surface area contributed by atoms with Crippen molar-refractivity contribution in [3.05, 3.63) is 149 Å². The third kappa shape index (κ3) is 14.9. The van der Waals surface area contributed by atoms with Crippen molar-refractivity contribution in [1.29, 1.82) is 0 Å². The van der Waals surface area contributed by atoms with Crippen LogP contribution in [-0.2, 0) is 39.2 Å². The van der Waals surface area contributed by atoms with Crippen molar-refractivity contribution in [2.45, 2.75) is 170 Å². The van der Waals surface area contributed by atoms with Gasteiger partial charge in [0.05, 0.1) is 12.8 Å². The molecule has 0 amide bonds. The highest BCUT2D eigenvalue weighted by atomic mass is 16.5. The molecule has 0 spiro atoms. The van der Waals surface area contributed by atoms with Crippen molar-refractivity contribution in [2.75, 3.05) is 6.61 Å². The van der Waals surface area contributed by atoms with E-state index in [1.165, 1.54) is 89.5 Å². The van der Waals surface area contributed by atoms with Crippen LogP contribution < -0.4 is 23.2 Å². The minimum Gasteiger partial charge on any atom is -0.493 e. The largest absolute Gasteiger partial charge is 0.493 e. The van der Waals surface area contributed by atoms with Gasteiger partial charge in [0.1, 0.15) is 23.8 Å². The van der Waals surface area contributed by atoms with E-state index in [0.29, 0.717) is 24.4 Å². The van der Waals surface area contributed by atoms with Gasteiger partial charge in [-0.3, -0.25) is 4.68 Å². The topological polar surface area (TPSA) is 60.8 Å². The molecule has 340 valence electrons. The van der Waals surface area contributed by atoms with E-state index in [1.54, 1.807) is 0 Å². The van der Waals surface area contributed by atoms with Gasteiger partial charge in [0.15, 0.2) is 43.7 Å². The summed E-state index contributed by atoms with van der Waals surface area (Å²) in [5, 5.41) is 8.82. The monoisotopic (exact) mass is 866 g/mol. The zero-order valence-corrected chi connectivity index (χ0v) is 40.4. The van der Waals surface area contributed by atoms with Crippen molar-refractivity contribution in [1.82, 2.24) is 15.0 Å². The quantitative estimate of drug-likeness (QED) is 0.0402. The van der Waals surface area contributed by atoms with Gasteiger partial charge in [-0.05, 0) is 90.0 Å². The molecule has 0 aliphatic heterocycles. The molecule has 0 radical (unpaired) electrons. The van der Waals surface area contributed by atoms with Crippen LogP contribution in [0.3, 0.4) is 0 Å². The molecular weight excluding hydrogens is 789 g/mol. The highest BCUT2D eigenvalue weighted by Gasteiger charge is 2.16. The Kier molecular flexibility index (Phi) is 18.5. The average Bonchev–Trinajstić information content (AvgIpc) is 3.74. The van der Waals surface area contributed by atoms with Gasteiger partial charge in [-0.25, -0.2) is 4.57 Å². The fraction of sp³-hybridized carbons (Fsp3) is 0.482. The summed E-state index contributed by atoms with van der Waals surface area (Å²) in [6.07, 6.45) is 27.4. The highest BCUT2D eigenvalue weighted by molar-refractivity contribution is 5.61. The van der Waals surface area contributed by atoms with E-state index < -0.39 is 0 Å². The van der Waals surface area contributed by atoms with Gasteiger partial charge in [0.25, 0.3) is 0 Å². The Labute approximate surface area is 385 Å². The summed E-state index contributed by atoms with van der Waals surface area (Å²) < 4.78 is 21.5. The molecule has 8 nitrogen and oxygen atoms in total. The Bertz CT molecular complexity index is 2270. The Morgan fingerprint density at radius 3 is 1.70 bits per heavy atom. The number of hydrogen-bond donors (Lipinski definition) is 0. The van der Waals surface area contributed by atoms with Crippen LogP contribution in [0.25, 0.3) is 11.1 Å². The molecule has 0 aliphatic rings. The maximum Gasteiger partial charge on any atom is 0.206 e. The smallest absolute Gasteiger partial charge is 0.206 e. The van der Waals surface area contributed by atoms with Crippen molar-refractivity contribution in [2.24, 2.45) is 0 Å². The number of pyridine rings is 3. The summed E-state index contributed by atoms with van der Waals surface area (Å²) in [5.41, 5.74) is 11.1. The molecule has 8 heteroatoms. The van der Waals surface area contributed by atoms with Gasteiger partial charge in [-0.1, -0.05) is 122 Å². The molecule has 64 heavy (non-hydrogen) atoms. The molecule has 4 heterocycles. The lowest BCUT2D eigenvalue weighted by molar-refractivity contribution is -0.778. The van der Waals surface area contributed by atoms with Gasteiger partial charge in [0.2, 0.25) is 13.1 Å². The number of hydrogen-bond acceptors (Lipinski definition) is 4. The van der Waals surface area contributed by atoms with E-state index in [1.807, 2.05) is 10.9 Å². The first-order chi connectivity index (χ1) is 31.0. The Hall–Kier alpha value is -5.37. The number of aromatic nitrogens is 6. The molecule has 0 unspecified atom stereocenters. The lowest BCUT2D eigenvalue weighted by atomic mass is 9.94. The first kappa shape index (κ1) is 48.1. The summed E-state index contributed by atoms with van der Waals surface area (Å²) in [7, 11) is 0. The number of nitrogens with zero attached hydrogens (tertiary/aromatic N) is 6. The Balaban J connectivity index is 0.844. The fourth-order valence-electron chi connectivity index (χ4n) is 8.65. The van der Waals surface area contributed by atoms with Crippen LogP contribution in [0.1, 0.15) is 156 Å². The summed E-state index contributed by atoms with van der Waals surface area (Å²) in [6.45, 7) is 22.7. The first-order valence-electron chi connectivity index (χ1n) is 24.4. The third-order valence-electron chi connectivity index (χ3n) is 12.3. The molecule has 0 saturated carbocycles. The van der Waals surface area contributed by atoms with Crippen molar-refractivity contribution in [3.63, 3.8) is 0 Å². The van der Waals surface area contributed by atoms with E-state index in [-0.39, 0.29) is 0 Å². The molecule has 0 saturated heterocycles. The lowest BCUT2D eigenvalue weighted by Gasteiger charge is -2.20. The molecule has 0 fully saturated rings. The second-order valence-corrected chi connectivity index (χ2v) is 18.9. The highest BCUT2D eigenvalue weighted by Crippen LogP contribution is 2.35. The Morgan fingerprint density at radius 1 is 0.562 bits per heavy atom. The zero-order chi connectivity index (χ0) is 45.3. The first-order valence-corrected chi connectivity index (χ1v) is 24.4. The molecule has 6 rings (SSSR count). The summed E-state index contributed by atoms with van der Waals surface area (Å²) in [6, 6.07) is 24.4. The van der Waals surface area contributed by atoms with Crippen LogP contribution in [0, 0.1) is 13.8 Å². The predicted octanol–water partition coefficient (Wildman–Crippen LogP) is 11.9. The molecular formula is C56H77N6O2+3. The van der Waals surface area contributed by atoms with Gasteiger partial charge in [-0.15, -0.1) is 5.10 Å². The van der Waals surface area contributed by atoms with E-state index in [4.69, 9.17) is 9.47 Å². The van der Waals surface area contributed by atoms with Crippen molar-refractivity contribution >= 4 is 0 Å². The minimum atomic E-state index is 0.351. The normalized spacial score (nSPS) is 11.6. The van der Waals surface area contributed by atoms with Crippen LogP contribution in [0.5, 0.6) is 11.5 Å². The SMILES string of the molecule is Cc1cc(C)c[n+](CC[n+]2ccc(-c3cc[n+](CCc4ccc(OCc5cn(CCCCCCCCCCCOc6c(C(C)C)cccc6C(C)C)nn5)c(C(C)C)c4)cc3)cc2)c1. The molecule has 0 N–H and O–H groups in total. The van der Waals surface area contributed by atoms with E-state index in [0.717, 1.165) is 69.2 Å². The average molecular weight is 866 g/mol. The minimum absolute atomic E-state index is 0.351. The Morgan fingerprint density at radius 2 is 1.11 bits per heavy atom. The number of aryl methyl sites for hydroxylation is 7. The predicted molar refractivity (Wildman–Crippen MR) is 259 cm³/mol. The molecule has 2 aromatic carbocycles. The van der Waals surface area contributed by atoms with E-state index >= 15 is 0 Å². The second kappa shape index (κ2) is 24.6. The van der Waals surface area contributed by atoms with Gasteiger partial charge < -0.3 is 9.47 Å². The van der Waals surface area contributed by atoms with Crippen LogP contribution in [0.2, 0.25) is 0 Å². The van der Waals surface area contributed by atoms with Crippen LogP contribution in [0.15, 0.2) is 110 Å². The summed E-state index contributed by atoms with van der Waals surface area (Å²) >= 11 is 0. The number of rotatable bonds is 26. The molecule has 0 aliphatic carbocycles. The maximum absolute atomic E-state index is 6.38. The second-order valence-electron chi connectivity index (χ2n) is 18.9. The van der Waals surface area contributed by atoms with E-state index in [9.17, 15) is 0 Å². The van der Waals surface area contributed by atoms with Crippen LogP contribution in [-0.4, -0.2) is 21.6 Å². The van der Waals surface area contributed by atoms with Crippen molar-refractivity contribution in [3.8, 4) is 22.6 Å². The molecule has 0 bridgehead atoms. The standard InChI is InChI=1S/C56H77N6O2/c1-43(2)52-19-18-20-53(44(3)4)56(52)63-36-17-15-13-11-9-10-12-14-16-28-62-41-51(57-58-62)42-64-55-22-21-48(38-54(55)45(5)6)23-29-59-30-24-49(25-31-59)50-26-32-60(33-27-50)34-35-61-39-46(7)37-47(8)40-61/h18-22,24-27,30-33,37-41,43-45H,9-17,23,28-29,34-36,42H2,1-8H3/q+3. The number of benzene rings is 2. The van der Waals surface area contributed by atoms with E-state index in [2.05, 4.69) is 183 Å². The van der Waals surface area contributed by atoms with Crippen molar-refractivity contribution < 1.29 is 23.2 Å². The number of para-hydroxylation sites is 1. The summed E-state index contributed by atoms with van der Waals surface area (Å²) in [4.78, 5) is 0. The fourth-order valence-corrected chi connectivity index (χ4v) is 8.65. The van der Waals surface area contributed by atoms with Crippen LogP contribution in [0.4, 0.5) is 0 Å². The third-order valence-corrected chi connectivity index (χ3v) is 12.3. The van der Waals surface area contributed by atoms with Gasteiger partial charge in [-0.2, -0.15) is 9.13 Å². The number of unbranched alkanes of at least 4 members (excludes halogenated alkanes) is 8. The number of ether oxygens (including phenoxy) is 2. The maximum atomic E-state index is 6.38. The molecule has 6 aromatic rings. The molecule has 0 atom stereocenters. The van der Waals surface area contributed by atoms with Crippen LogP contribution >= 0.6 is 0 Å².